The van der Waals surface area contributed by atoms with Crippen LogP contribution < -0.4 is 5.32 Å². The van der Waals surface area contributed by atoms with Crippen molar-refractivity contribution in [3.05, 3.63) is 47.3 Å². The monoisotopic (exact) mass is 243 g/mol. The van der Waals surface area contributed by atoms with Crippen molar-refractivity contribution in [1.82, 2.24) is 9.78 Å². The van der Waals surface area contributed by atoms with Crippen molar-refractivity contribution in [3.63, 3.8) is 0 Å². The minimum Gasteiger partial charge on any atom is -0.376 e. The number of nitrogens with one attached hydrogen (secondary N) is 1. The zero-order chi connectivity index (χ0) is 13.1. The average Bonchev–Trinajstić information content (AvgIpc) is 2.75. The molecule has 0 aliphatic heterocycles. The molecule has 1 aromatic heterocycles. The summed E-state index contributed by atoms with van der Waals surface area (Å²) >= 11 is 0. The van der Waals surface area contributed by atoms with E-state index in [0.717, 1.165) is 12.2 Å². The van der Waals surface area contributed by atoms with E-state index < -0.39 is 0 Å². The lowest BCUT2D eigenvalue weighted by molar-refractivity contribution is 0.660. The molecule has 3 heteroatoms. The van der Waals surface area contributed by atoms with E-state index in [4.69, 9.17) is 0 Å². The van der Waals surface area contributed by atoms with Crippen LogP contribution in [0.15, 0.2) is 30.6 Å². The van der Waals surface area contributed by atoms with Gasteiger partial charge in [-0.15, -0.1) is 0 Å². The molecule has 1 heterocycles. The maximum Gasteiger partial charge on any atom is 0.0731 e. The summed E-state index contributed by atoms with van der Waals surface area (Å²) in [6.07, 6.45) is 3.92. The number of anilines is 1. The zero-order valence-electron chi connectivity index (χ0n) is 11.6. The maximum absolute atomic E-state index is 4.27. The predicted octanol–water partition coefficient (Wildman–Crippen LogP) is 3.69. The number of rotatable bonds is 4. The van der Waals surface area contributed by atoms with Crippen LogP contribution in [0.25, 0.3) is 0 Å². The SMILES string of the molecule is CCn1cc(NC(C)c2cc(C)cc(C)c2)cn1. The van der Waals surface area contributed by atoms with Crippen LogP contribution >= 0.6 is 0 Å². The fraction of sp³-hybridized carbons (Fsp3) is 0.400. The second-order valence-corrected chi connectivity index (χ2v) is 4.87. The number of hydrogen-bond acceptors (Lipinski definition) is 2. The molecule has 0 fully saturated rings. The van der Waals surface area contributed by atoms with Gasteiger partial charge < -0.3 is 5.32 Å². The van der Waals surface area contributed by atoms with Gasteiger partial charge >= 0.3 is 0 Å². The quantitative estimate of drug-likeness (QED) is 0.887. The van der Waals surface area contributed by atoms with E-state index in [0.29, 0.717) is 0 Å². The first-order valence-corrected chi connectivity index (χ1v) is 6.45. The molecule has 1 unspecified atom stereocenters. The Bertz CT molecular complexity index is 508. The molecule has 0 radical (unpaired) electrons. The van der Waals surface area contributed by atoms with E-state index in [1.165, 1.54) is 16.7 Å². The maximum atomic E-state index is 4.27. The fourth-order valence-corrected chi connectivity index (χ4v) is 2.20. The van der Waals surface area contributed by atoms with Crippen LogP contribution in [0.5, 0.6) is 0 Å². The van der Waals surface area contributed by atoms with Gasteiger partial charge in [0, 0.05) is 18.8 Å². The van der Waals surface area contributed by atoms with Crippen molar-refractivity contribution in [2.45, 2.75) is 40.3 Å². The highest BCUT2D eigenvalue weighted by Gasteiger charge is 2.07. The van der Waals surface area contributed by atoms with Crippen molar-refractivity contribution < 1.29 is 0 Å². The van der Waals surface area contributed by atoms with Gasteiger partial charge in [0.1, 0.15) is 0 Å². The Morgan fingerprint density at radius 1 is 1.22 bits per heavy atom. The molecule has 96 valence electrons. The summed E-state index contributed by atoms with van der Waals surface area (Å²) in [6, 6.07) is 6.95. The van der Waals surface area contributed by atoms with E-state index in [9.17, 15) is 0 Å². The lowest BCUT2D eigenvalue weighted by Gasteiger charge is -2.15. The highest BCUT2D eigenvalue weighted by Crippen LogP contribution is 2.21. The Morgan fingerprint density at radius 3 is 2.44 bits per heavy atom. The van der Waals surface area contributed by atoms with Gasteiger partial charge in [-0.05, 0) is 33.3 Å². The minimum atomic E-state index is 0.290. The molecule has 0 spiro atoms. The first-order chi connectivity index (χ1) is 8.58. The molecule has 1 N–H and O–H groups in total. The molecule has 2 aromatic rings. The topological polar surface area (TPSA) is 29.9 Å². The number of aryl methyl sites for hydroxylation is 3. The third-order valence-electron chi connectivity index (χ3n) is 3.08. The van der Waals surface area contributed by atoms with Gasteiger partial charge in [-0.25, -0.2) is 0 Å². The molecule has 0 aliphatic carbocycles. The number of hydrogen-bond donors (Lipinski definition) is 1. The Hall–Kier alpha value is -1.77. The molecular weight excluding hydrogens is 222 g/mol. The van der Waals surface area contributed by atoms with Crippen molar-refractivity contribution >= 4 is 5.69 Å². The highest BCUT2D eigenvalue weighted by atomic mass is 15.3. The standard InChI is InChI=1S/C15H21N3/c1-5-18-10-15(9-16-18)17-13(4)14-7-11(2)6-12(3)8-14/h6-10,13,17H,5H2,1-4H3. The van der Waals surface area contributed by atoms with Crippen LogP contribution in [0.1, 0.15) is 36.6 Å². The molecule has 0 amide bonds. The normalized spacial score (nSPS) is 12.4. The first-order valence-electron chi connectivity index (χ1n) is 6.45. The van der Waals surface area contributed by atoms with Crippen LogP contribution in [0.4, 0.5) is 5.69 Å². The molecule has 2 rings (SSSR count). The molecule has 1 aromatic carbocycles. The van der Waals surface area contributed by atoms with Crippen molar-refractivity contribution in [2.24, 2.45) is 0 Å². The smallest absolute Gasteiger partial charge is 0.0731 e. The Morgan fingerprint density at radius 2 is 1.89 bits per heavy atom. The third-order valence-corrected chi connectivity index (χ3v) is 3.08. The van der Waals surface area contributed by atoms with Crippen LogP contribution in [-0.4, -0.2) is 9.78 Å². The highest BCUT2D eigenvalue weighted by molar-refractivity contribution is 5.42. The van der Waals surface area contributed by atoms with E-state index in [-0.39, 0.29) is 6.04 Å². The molecule has 18 heavy (non-hydrogen) atoms. The van der Waals surface area contributed by atoms with Crippen molar-refractivity contribution in [3.8, 4) is 0 Å². The Kier molecular flexibility index (Phi) is 3.70. The van der Waals surface area contributed by atoms with Gasteiger partial charge in [0.2, 0.25) is 0 Å². The van der Waals surface area contributed by atoms with Gasteiger partial charge in [-0.3, -0.25) is 4.68 Å². The summed E-state index contributed by atoms with van der Waals surface area (Å²) in [7, 11) is 0. The summed E-state index contributed by atoms with van der Waals surface area (Å²) in [5.41, 5.74) is 5.01. The first kappa shape index (κ1) is 12.7. The molecule has 0 saturated heterocycles. The summed E-state index contributed by atoms with van der Waals surface area (Å²) in [5.74, 6) is 0. The third kappa shape index (κ3) is 2.92. The summed E-state index contributed by atoms with van der Waals surface area (Å²) < 4.78 is 1.93. The second kappa shape index (κ2) is 5.25. The van der Waals surface area contributed by atoms with Gasteiger partial charge in [0.15, 0.2) is 0 Å². The molecule has 0 saturated carbocycles. The number of nitrogens with zero attached hydrogens (tertiary/aromatic N) is 2. The summed E-state index contributed by atoms with van der Waals surface area (Å²) in [6.45, 7) is 9.44. The molecular formula is C15H21N3. The fourth-order valence-electron chi connectivity index (χ4n) is 2.20. The van der Waals surface area contributed by atoms with Crippen molar-refractivity contribution in [1.29, 1.82) is 0 Å². The van der Waals surface area contributed by atoms with Crippen LogP contribution in [0, 0.1) is 13.8 Å². The summed E-state index contributed by atoms with van der Waals surface area (Å²) in [4.78, 5) is 0. The average molecular weight is 243 g/mol. The lowest BCUT2D eigenvalue weighted by atomic mass is 10.0. The minimum absolute atomic E-state index is 0.290. The van der Waals surface area contributed by atoms with Gasteiger partial charge in [0.25, 0.3) is 0 Å². The lowest BCUT2D eigenvalue weighted by Crippen LogP contribution is -2.06. The van der Waals surface area contributed by atoms with Gasteiger partial charge in [-0.1, -0.05) is 29.3 Å². The van der Waals surface area contributed by atoms with Crippen LogP contribution in [-0.2, 0) is 6.54 Å². The van der Waals surface area contributed by atoms with E-state index in [1.54, 1.807) is 0 Å². The van der Waals surface area contributed by atoms with Crippen molar-refractivity contribution in [2.75, 3.05) is 5.32 Å². The van der Waals surface area contributed by atoms with Gasteiger partial charge in [0.05, 0.1) is 11.9 Å². The second-order valence-electron chi connectivity index (χ2n) is 4.87. The largest absolute Gasteiger partial charge is 0.376 e. The van der Waals surface area contributed by atoms with E-state index >= 15 is 0 Å². The van der Waals surface area contributed by atoms with Gasteiger partial charge in [-0.2, -0.15) is 5.10 Å². The zero-order valence-corrected chi connectivity index (χ0v) is 11.6. The molecule has 3 nitrogen and oxygen atoms in total. The summed E-state index contributed by atoms with van der Waals surface area (Å²) in [5, 5.41) is 7.75. The van der Waals surface area contributed by atoms with E-state index in [1.807, 2.05) is 17.1 Å². The van der Waals surface area contributed by atoms with E-state index in [2.05, 4.69) is 56.3 Å². The molecule has 1 atom stereocenters. The molecule has 0 aliphatic rings. The number of aromatic nitrogens is 2. The van der Waals surface area contributed by atoms with Crippen LogP contribution in [0.2, 0.25) is 0 Å². The Labute approximate surface area is 109 Å². The predicted molar refractivity (Wildman–Crippen MR) is 75.9 cm³/mol. The molecule has 0 bridgehead atoms. The Balaban J connectivity index is 2.13. The number of benzene rings is 1. The van der Waals surface area contributed by atoms with Crippen LogP contribution in [0.3, 0.4) is 0 Å².